The van der Waals surface area contributed by atoms with Crippen LogP contribution in [-0.4, -0.2) is 33.0 Å². The Labute approximate surface area is 148 Å². The number of nitrogens with zero attached hydrogens (tertiary/aromatic N) is 1. The summed E-state index contributed by atoms with van der Waals surface area (Å²) in [6, 6.07) is 6.65. The van der Waals surface area contributed by atoms with Gasteiger partial charge < -0.3 is 15.4 Å². The molecule has 0 spiro atoms. The molecule has 1 aromatic carbocycles. The molecular weight excluding hydrogens is 338 g/mol. The van der Waals surface area contributed by atoms with Crippen LogP contribution in [0, 0.1) is 0 Å². The van der Waals surface area contributed by atoms with Crippen LogP contribution in [0.15, 0.2) is 35.8 Å². The van der Waals surface area contributed by atoms with E-state index in [1.807, 2.05) is 38.1 Å². The summed E-state index contributed by atoms with van der Waals surface area (Å²) in [7, 11) is 0. The van der Waals surface area contributed by atoms with E-state index >= 15 is 0 Å². The third-order valence-electron chi connectivity index (χ3n) is 3.95. The second-order valence-corrected chi connectivity index (χ2v) is 7.04. The highest BCUT2D eigenvalue weighted by atomic mass is 32.1. The van der Waals surface area contributed by atoms with Crippen LogP contribution in [0.1, 0.15) is 40.8 Å². The molecule has 1 amide bonds. The molecule has 2 aromatic heterocycles. The Bertz CT molecular complexity index is 913. The number of carbonyl (C=O) groups is 2. The molecule has 0 aliphatic rings. The molecule has 0 aliphatic heterocycles. The second-order valence-electron chi connectivity index (χ2n) is 6.15. The highest BCUT2D eigenvalue weighted by Crippen LogP contribution is 2.21. The molecule has 3 N–H and O–H groups in total. The van der Waals surface area contributed by atoms with E-state index in [1.54, 1.807) is 11.6 Å². The van der Waals surface area contributed by atoms with Gasteiger partial charge in [0.05, 0.1) is 5.01 Å². The molecule has 130 valence electrons. The van der Waals surface area contributed by atoms with Gasteiger partial charge in [0.2, 0.25) is 0 Å². The van der Waals surface area contributed by atoms with Crippen molar-refractivity contribution in [2.45, 2.75) is 32.2 Å². The number of fused-ring (bicyclic) bond motifs is 1. The van der Waals surface area contributed by atoms with Crippen LogP contribution in [0.3, 0.4) is 0 Å². The van der Waals surface area contributed by atoms with Gasteiger partial charge in [0.15, 0.2) is 0 Å². The summed E-state index contributed by atoms with van der Waals surface area (Å²) in [6.45, 7) is 4.00. The number of carboxylic acids is 1. The maximum Gasteiger partial charge on any atom is 0.326 e. The Kier molecular flexibility index (Phi) is 4.85. The van der Waals surface area contributed by atoms with Crippen molar-refractivity contribution < 1.29 is 14.7 Å². The summed E-state index contributed by atoms with van der Waals surface area (Å²) in [5, 5.41) is 15.5. The number of amides is 1. The van der Waals surface area contributed by atoms with Crippen molar-refractivity contribution in [3.8, 4) is 0 Å². The first-order chi connectivity index (χ1) is 12.0. The minimum Gasteiger partial charge on any atom is -0.480 e. The van der Waals surface area contributed by atoms with E-state index < -0.39 is 17.9 Å². The average Bonchev–Trinajstić information content (AvgIpc) is 3.21. The summed E-state index contributed by atoms with van der Waals surface area (Å²) in [6.07, 6.45) is 1.98. The van der Waals surface area contributed by atoms with Gasteiger partial charge in [0.25, 0.3) is 5.91 Å². The van der Waals surface area contributed by atoms with E-state index in [-0.39, 0.29) is 18.0 Å². The van der Waals surface area contributed by atoms with Gasteiger partial charge in [-0.1, -0.05) is 32.0 Å². The number of thiazole rings is 1. The number of benzene rings is 1. The molecule has 25 heavy (non-hydrogen) atoms. The van der Waals surface area contributed by atoms with Crippen molar-refractivity contribution in [2.75, 3.05) is 0 Å². The number of hydrogen-bond acceptors (Lipinski definition) is 4. The first-order valence-corrected chi connectivity index (χ1v) is 8.87. The molecule has 1 atom stereocenters. The zero-order chi connectivity index (χ0) is 18.0. The van der Waals surface area contributed by atoms with Crippen LogP contribution in [0.4, 0.5) is 0 Å². The monoisotopic (exact) mass is 357 g/mol. The molecule has 0 bridgehead atoms. The Morgan fingerprint density at radius 2 is 2.08 bits per heavy atom. The van der Waals surface area contributed by atoms with E-state index in [2.05, 4.69) is 15.3 Å². The normalized spacial score (nSPS) is 12.4. The number of aromatic amines is 1. The van der Waals surface area contributed by atoms with Gasteiger partial charge in [0.1, 0.15) is 11.7 Å². The summed E-state index contributed by atoms with van der Waals surface area (Å²) >= 11 is 1.40. The summed E-state index contributed by atoms with van der Waals surface area (Å²) in [4.78, 5) is 31.3. The average molecular weight is 357 g/mol. The Morgan fingerprint density at radius 1 is 1.32 bits per heavy atom. The lowest BCUT2D eigenvalue weighted by molar-refractivity contribution is -0.139. The van der Waals surface area contributed by atoms with Crippen molar-refractivity contribution in [1.29, 1.82) is 0 Å². The van der Waals surface area contributed by atoms with Gasteiger partial charge in [-0.25, -0.2) is 9.78 Å². The number of rotatable bonds is 6. The molecule has 6 nitrogen and oxygen atoms in total. The molecule has 3 rings (SSSR count). The third kappa shape index (κ3) is 3.71. The number of para-hydroxylation sites is 1. The zero-order valence-electron chi connectivity index (χ0n) is 13.9. The van der Waals surface area contributed by atoms with Crippen LogP contribution in [-0.2, 0) is 11.2 Å². The summed E-state index contributed by atoms with van der Waals surface area (Å²) in [5.41, 5.74) is 2.05. The Hall–Kier alpha value is -2.67. The van der Waals surface area contributed by atoms with E-state index in [0.29, 0.717) is 0 Å². The molecule has 2 heterocycles. The smallest absolute Gasteiger partial charge is 0.326 e. The number of carboxylic acid groups (broad SMARTS) is 1. The maximum atomic E-state index is 12.3. The quantitative estimate of drug-likeness (QED) is 0.631. The number of hydrogen-bond donors (Lipinski definition) is 3. The minimum atomic E-state index is -1.07. The van der Waals surface area contributed by atoms with Crippen molar-refractivity contribution in [2.24, 2.45) is 0 Å². The molecule has 0 aliphatic carbocycles. The molecule has 0 saturated carbocycles. The Balaban J connectivity index is 1.77. The molecular formula is C18H19N3O3S. The van der Waals surface area contributed by atoms with Gasteiger partial charge in [-0.2, -0.15) is 0 Å². The predicted octanol–water partition coefficient (Wildman–Crippen LogP) is 3.17. The van der Waals surface area contributed by atoms with E-state index in [0.717, 1.165) is 21.5 Å². The van der Waals surface area contributed by atoms with Gasteiger partial charge >= 0.3 is 5.97 Å². The second kappa shape index (κ2) is 7.06. The third-order valence-corrected chi connectivity index (χ3v) is 5.10. The molecule has 0 radical (unpaired) electrons. The van der Waals surface area contributed by atoms with Gasteiger partial charge in [-0.15, -0.1) is 11.3 Å². The van der Waals surface area contributed by atoms with Crippen molar-refractivity contribution in [3.05, 3.63) is 52.1 Å². The number of nitrogens with one attached hydrogen (secondary N) is 2. The topological polar surface area (TPSA) is 95.1 Å². The number of H-pyrrole nitrogens is 1. The summed E-state index contributed by atoms with van der Waals surface area (Å²) in [5.74, 6) is -1.30. The highest BCUT2D eigenvalue weighted by Gasteiger charge is 2.23. The first-order valence-electron chi connectivity index (χ1n) is 7.99. The van der Waals surface area contributed by atoms with Crippen LogP contribution < -0.4 is 5.32 Å². The van der Waals surface area contributed by atoms with Crippen LogP contribution in [0.5, 0.6) is 0 Å². The van der Waals surface area contributed by atoms with Gasteiger partial charge in [0, 0.05) is 34.8 Å². The molecule has 3 aromatic rings. The van der Waals surface area contributed by atoms with Crippen LogP contribution in [0.25, 0.3) is 10.9 Å². The Morgan fingerprint density at radius 3 is 2.76 bits per heavy atom. The van der Waals surface area contributed by atoms with Crippen LogP contribution in [0.2, 0.25) is 0 Å². The van der Waals surface area contributed by atoms with Gasteiger partial charge in [-0.05, 0) is 11.6 Å². The molecule has 7 heteroatoms. The molecule has 1 unspecified atom stereocenters. The molecule has 0 fully saturated rings. The van der Waals surface area contributed by atoms with Gasteiger partial charge in [-0.3, -0.25) is 4.79 Å². The zero-order valence-corrected chi connectivity index (χ0v) is 14.8. The number of aromatic nitrogens is 2. The van der Waals surface area contributed by atoms with Crippen molar-refractivity contribution >= 4 is 34.1 Å². The lowest BCUT2D eigenvalue weighted by Crippen LogP contribution is -2.42. The van der Waals surface area contributed by atoms with E-state index in [4.69, 9.17) is 0 Å². The van der Waals surface area contributed by atoms with E-state index in [9.17, 15) is 14.7 Å². The van der Waals surface area contributed by atoms with Crippen molar-refractivity contribution in [3.63, 3.8) is 0 Å². The van der Waals surface area contributed by atoms with Crippen LogP contribution >= 0.6 is 11.3 Å². The SMILES string of the molecule is CC(C)c1nc(C(=O)NC(Cc2c[nH]c3ccccc23)C(=O)O)cs1. The van der Waals surface area contributed by atoms with Crippen molar-refractivity contribution in [1.82, 2.24) is 15.3 Å². The molecule has 0 saturated heterocycles. The first kappa shape index (κ1) is 17.2. The number of carbonyl (C=O) groups excluding carboxylic acids is 1. The standard InChI is InChI=1S/C18H19N3O3S/c1-10(2)17-21-15(9-25-17)16(22)20-14(18(23)24)7-11-8-19-13-6-4-3-5-12(11)13/h3-6,8-10,14,19H,7H2,1-2H3,(H,20,22)(H,23,24). The largest absolute Gasteiger partial charge is 0.480 e. The van der Waals surface area contributed by atoms with E-state index in [1.165, 1.54) is 11.3 Å². The summed E-state index contributed by atoms with van der Waals surface area (Å²) < 4.78 is 0. The lowest BCUT2D eigenvalue weighted by atomic mass is 10.0. The highest BCUT2D eigenvalue weighted by molar-refractivity contribution is 7.09. The minimum absolute atomic E-state index is 0.201. The maximum absolute atomic E-state index is 12.3. The number of aliphatic carboxylic acids is 1. The lowest BCUT2D eigenvalue weighted by Gasteiger charge is -2.13. The fraction of sp³-hybridized carbons (Fsp3) is 0.278. The fourth-order valence-corrected chi connectivity index (χ4v) is 3.43. The predicted molar refractivity (Wildman–Crippen MR) is 97.1 cm³/mol. The fourth-order valence-electron chi connectivity index (χ4n) is 2.61.